The lowest BCUT2D eigenvalue weighted by Crippen LogP contribution is -1.89. The zero-order chi connectivity index (χ0) is 10.5. The Morgan fingerprint density at radius 1 is 1.40 bits per heavy atom. The Kier molecular flexibility index (Phi) is 3.17. The summed E-state index contributed by atoms with van der Waals surface area (Å²) in [6.45, 7) is 2.20. The molecule has 0 bridgehead atoms. The molecule has 2 rings (SSSR count). The van der Waals surface area contributed by atoms with E-state index in [1.807, 2.05) is 0 Å². The Bertz CT molecular complexity index is 392. The normalized spacial score (nSPS) is 10.7. The summed E-state index contributed by atoms with van der Waals surface area (Å²) in [6, 6.07) is 0. The van der Waals surface area contributed by atoms with Crippen molar-refractivity contribution in [2.75, 3.05) is 0 Å². The fourth-order valence-electron chi connectivity index (χ4n) is 1.59. The highest BCUT2D eigenvalue weighted by molar-refractivity contribution is 5.52. The maximum absolute atomic E-state index is 4.99. The first-order valence-corrected chi connectivity index (χ1v) is 5.35. The van der Waals surface area contributed by atoms with Crippen molar-refractivity contribution in [1.82, 2.24) is 15.1 Å². The summed E-state index contributed by atoms with van der Waals surface area (Å²) >= 11 is 0. The zero-order valence-electron chi connectivity index (χ0n) is 8.86. The number of imidazole rings is 1. The highest BCUT2D eigenvalue weighted by atomic mass is 16.5. The largest absolute Gasteiger partial charge is 0.364 e. The topological polar surface area (TPSA) is 54.7 Å². The smallest absolute Gasteiger partial charge is 0.159 e. The summed E-state index contributed by atoms with van der Waals surface area (Å²) < 4.78 is 4.99. The number of hydrogen-bond donors (Lipinski definition) is 1. The van der Waals surface area contributed by atoms with Gasteiger partial charge in [0.1, 0.15) is 6.26 Å². The van der Waals surface area contributed by atoms with E-state index in [1.165, 1.54) is 19.3 Å². The highest BCUT2D eigenvalue weighted by Crippen LogP contribution is 2.19. The predicted octanol–water partition coefficient (Wildman–Crippen LogP) is 2.80. The number of nitrogens with one attached hydrogen (secondary N) is 1. The van der Waals surface area contributed by atoms with E-state index in [1.54, 1.807) is 18.7 Å². The molecule has 1 N–H and O–H groups in total. The molecule has 15 heavy (non-hydrogen) atoms. The van der Waals surface area contributed by atoms with Crippen LogP contribution in [0.1, 0.15) is 31.7 Å². The van der Waals surface area contributed by atoms with E-state index in [-0.39, 0.29) is 0 Å². The zero-order valence-corrected chi connectivity index (χ0v) is 8.86. The lowest BCUT2D eigenvalue weighted by molar-refractivity contribution is 0.420. The maximum Gasteiger partial charge on any atom is 0.159 e. The molecule has 0 aliphatic carbocycles. The summed E-state index contributed by atoms with van der Waals surface area (Å²) in [7, 11) is 0. The minimum absolute atomic E-state index is 0.787. The van der Waals surface area contributed by atoms with Gasteiger partial charge in [0.25, 0.3) is 0 Å². The molecule has 0 radical (unpaired) electrons. The van der Waals surface area contributed by atoms with Gasteiger partial charge in [0, 0.05) is 18.0 Å². The van der Waals surface area contributed by atoms with Gasteiger partial charge in [0.15, 0.2) is 11.5 Å². The molecule has 4 heteroatoms. The van der Waals surface area contributed by atoms with Crippen molar-refractivity contribution < 1.29 is 4.52 Å². The third-order valence-corrected chi connectivity index (χ3v) is 2.42. The number of aromatic amines is 1. The molecule has 0 fully saturated rings. The van der Waals surface area contributed by atoms with E-state index in [0.29, 0.717) is 0 Å². The van der Waals surface area contributed by atoms with Crippen LogP contribution in [0.25, 0.3) is 11.5 Å². The first-order chi connectivity index (χ1) is 7.42. The van der Waals surface area contributed by atoms with Gasteiger partial charge in [0.05, 0.1) is 0 Å². The Hall–Kier alpha value is -1.58. The third kappa shape index (κ3) is 2.26. The first-order valence-electron chi connectivity index (χ1n) is 5.35. The minimum atomic E-state index is 0.787. The summed E-state index contributed by atoms with van der Waals surface area (Å²) in [6.07, 6.45) is 9.87. The van der Waals surface area contributed by atoms with Crippen molar-refractivity contribution in [2.24, 2.45) is 0 Å². The van der Waals surface area contributed by atoms with Crippen molar-refractivity contribution in [1.29, 1.82) is 0 Å². The minimum Gasteiger partial charge on any atom is -0.364 e. The average Bonchev–Trinajstić information content (AvgIpc) is 2.87. The second kappa shape index (κ2) is 4.77. The lowest BCUT2D eigenvalue weighted by atomic mass is 10.1. The molecule has 2 heterocycles. The monoisotopic (exact) mass is 205 g/mol. The van der Waals surface area contributed by atoms with Crippen molar-refractivity contribution in [3.63, 3.8) is 0 Å². The van der Waals surface area contributed by atoms with Crippen LogP contribution in [0.3, 0.4) is 0 Å². The second-order valence-electron chi connectivity index (χ2n) is 3.58. The lowest BCUT2D eigenvalue weighted by Gasteiger charge is -1.97. The summed E-state index contributed by atoms with van der Waals surface area (Å²) in [5.74, 6) is 0.787. The summed E-state index contributed by atoms with van der Waals surface area (Å²) in [5.41, 5.74) is 1.98. The number of H-pyrrole nitrogens is 1. The van der Waals surface area contributed by atoms with Crippen molar-refractivity contribution in [3.8, 4) is 11.5 Å². The number of hydrogen-bond acceptors (Lipinski definition) is 3. The number of rotatable bonds is 5. The van der Waals surface area contributed by atoms with Crippen LogP contribution in [-0.2, 0) is 6.42 Å². The molecule has 0 spiro atoms. The maximum atomic E-state index is 4.99. The quantitative estimate of drug-likeness (QED) is 0.763. The Morgan fingerprint density at radius 3 is 3.07 bits per heavy atom. The van der Waals surface area contributed by atoms with E-state index in [2.05, 4.69) is 22.0 Å². The molecule has 0 saturated heterocycles. The van der Waals surface area contributed by atoms with Gasteiger partial charge in [-0.1, -0.05) is 24.9 Å². The molecule has 0 unspecified atom stereocenters. The molecule has 0 aromatic carbocycles. The Morgan fingerprint density at radius 2 is 2.33 bits per heavy atom. The van der Waals surface area contributed by atoms with E-state index in [9.17, 15) is 0 Å². The Balaban J connectivity index is 2.09. The van der Waals surface area contributed by atoms with E-state index in [4.69, 9.17) is 4.52 Å². The molecule has 4 nitrogen and oxygen atoms in total. The fraction of sp³-hybridized carbons (Fsp3) is 0.455. The van der Waals surface area contributed by atoms with Gasteiger partial charge in [-0.2, -0.15) is 0 Å². The van der Waals surface area contributed by atoms with E-state index >= 15 is 0 Å². The molecular weight excluding hydrogens is 190 g/mol. The number of aromatic nitrogens is 3. The number of unbranched alkanes of at least 4 members (excludes halogenated alkanes) is 2. The van der Waals surface area contributed by atoms with Crippen molar-refractivity contribution >= 4 is 0 Å². The standard InChI is InChI=1S/C11H15N3O/c1-2-3-4-5-9-8-15-14-10(9)11-12-6-7-13-11/h6-8H,2-5H2,1H3,(H,12,13). The fourth-order valence-corrected chi connectivity index (χ4v) is 1.59. The van der Waals surface area contributed by atoms with Crippen LogP contribution in [0.4, 0.5) is 0 Å². The highest BCUT2D eigenvalue weighted by Gasteiger charge is 2.11. The second-order valence-corrected chi connectivity index (χ2v) is 3.58. The first kappa shape index (κ1) is 9.96. The van der Waals surface area contributed by atoms with E-state index in [0.717, 1.165) is 23.5 Å². The summed E-state index contributed by atoms with van der Waals surface area (Å²) in [4.78, 5) is 7.21. The average molecular weight is 205 g/mol. The molecule has 0 saturated carbocycles. The number of nitrogens with zero attached hydrogens (tertiary/aromatic N) is 2. The molecule has 0 amide bonds. The van der Waals surface area contributed by atoms with Crippen LogP contribution >= 0.6 is 0 Å². The van der Waals surface area contributed by atoms with Gasteiger partial charge in [-0.15, -0.1) is 0 Å². The van der Waals surface area contributed by atoms with Crippen LogP contribution in [0.15, 0.2) is 23.2 Å². The van der Waals surface area contributed by atoms with E-state index < -0.39 is 0 Å². The summed E-state index contributed by atoms with van der Waals surface area (Å²) in [5, 5.41) is 3.97. The number of aryl methyl sites for hydroxylation is 1. The van der Waals surface area contributed by atoms with Gasteiger partial charge in [0.2, 0.25) is 0 Å². The van der Waals surface area contributed by atoms with Gasteiger partial charge in [-0.25, -0.2) is 4.98 Å². The molecule has 0 aliphatic heterocycles. The SMILES string of the molecule is CCCCCc1conc1-c1ncc[nH]1. The van der Waals surface area contributed by atoms with Gasteiger partial charge >= 0.3 is 0 Å². The van der Waals surface area contributed by atoms with Crippen molar-refractivity contribution in [2.45, 2.75) is 32.6 Å². The van der Waals surface area contributed by atoms with Crippen LogP contribution in [-0.4, -0.2) is 15.1 Å². The molecule has 0 aliphatic rings. The van der Waals surface area contributed by atoms with Crippen LogP contribution in [0.5, 0.6) is 0 Å². The molecule has 2 aromatic heterocycles. The van der Waals surface area contributed by atoms with Crippen LogP contribution in [0.2, 0.25) is 0 Å². The molecular formula is C11H15N3O. The van der Waals surface area contributed by atoms with Crippen molar-refractivity contribution in [3.05, 3.63) is 24.2 Å². The van der Waals surface area contributed by atoms with Gasteiger partial charge in [-0.05, 0) is 12.8 Å². The van der Waals surface area contributed by atoms with Crippen LogP contribution < -0.4 is 0 Å². The third-order valence-electron chi connectivity index (χ3n) is 2.42. The van der Waals surface area contributed by atoms with Gasteiger partial charge < -0.3 is 9.51 Å². The molecule has 80 valence electrons. The Labute approximate surface area is 88.7 Å². The molecule has 2 aromatic rings. The molecule has 0 atom stereocenters. The predicted molar refractivity (Wildman–Crippen MR) is 57.3 cm³/mol. The van der Waals surface area contributed by atoms with Crippen LogP contribution in [0, 0.1) is 0 Å². The van der Waals surface area contributed by atoms with Gasteiger partial charge in [-0.3, -0.25) is 0 Å².